The molecule has 5 unspecified atom stereocenters. The number of ether oxygens (including phenoxy) is 5. The lowest BCUT2D eigenvalue weighted by Crippen LogP contribution is -2.76. The van der Waals surface area contributed by atoms with Crippen molar-refractivity contribution in [3.63, 3.8) is 0 Å². The molecule has 0 radical (unpaired) electrons. The molecule has 1 aliphatic heterocycles. The van der Waals surface area contributed by atoms with E-state index in [4.69, 9.17) is 23.7 Å². The van der Waals surface area contributed by atoms with Crippen molar-refractivity contribution in [3.8, 4) is 0 Å². The van der Waals surface area contributed by atoms with E-state index < -0.39 is 87.9 Å². The van der Waals surface area contributed by atoms with Crippen molar-refractivity contribution in [3.05, 3.63) is 65.3 Å². The maximum Gasteiger partial charge on any atom is 0.303 e. The van der Waals surface area contributed by atoms with E-state index in [1.54, 1.807) is 6.92 Å². The maximum absolute atomic E-state index is 13.2. The van der Waals surface area contributed by atoms with Gasteiger partial charge in [0.05, 0.1) is 18.6 Å². The molecule has 5 rings (SSSR count). The second-order valence-electron chi connectivity index (χ2n) is 15.9. The minimum absolute atomic E-state index is 0.0480. The van der Waals surface area contributed by atoms with Crippen LogP contribution in [0.1, 0.15) is 93.2 Å². The maximum atomic E-state index is 13.2. The van der Waals surface area contributed by atoms with E-state index in [0.717, 1.165) is 23.1 Å². The van der Waals surface area contributed by atoms with Crippen molar-refractivity contribution in [1.82, 2.24) is 0 Å². The monoisotopic (exact) mass is 720 g/mol. The van der Waals surface area contributed by atoms with E-state index in [-0.39, 0.29) is 13.2 Å². The van der Waals surface area contributed by atoms with Gasteiger partial charge in [-0.1, -0.05) is 57.2 Å². The Kier molecular flexibility index (Phi) is 11.1. The summed E-state index contributed by atoms with van der Waals surface area (Å²) < 4.78 is 30.9. The van der Waals surface area contributed by atoms with Crippen LogP contribution in [0.15, 0.2) is 54.1 Å². The summed E-state index contributed by atoms with van der Waals surface area (Å²) in [5.74, 6) is -3.81. The summed E-state index contributed by atoms with van der Waals surface area (Å²) in [4.78, 5) is 51.8. The number of esters is 4. The molecular formula is C42H56O10. The predicted molar refractivity (Wildman–Crippen MR) is 194 cm³/mol. The Bertz CT molecular complexity index is 1680. The lowest BCUT2D eigenvalue weighted by Gasteiger charge is -2.70. The Labute approximate surface area is 307 Å². The third-order valence-electron chi connectivity index (χ3n) is 12.9. The molecule has 1 N–H and O–H groups in total. The second kappa shape index (κ2) is 14.6. The molecule has 10 heteroatoms. The highest BCUT2D eigenvalue weighted by atomic mass is 16.6. The van der Waals surface area contributed by atoms with Crippen molar-refractivity contribution in [2.45, 2.75) is 119 Å². The molecule has 3 aliphatic carbocycles. The van der Waals surface area contributed by atoms with Crippen LogP contribution in [0, 0.1) is 34.0 Å². The van der Waals surface area contributed by atoms with Gasteiger partial charge in [-0.05, 0) is 85.8 Å². The van der Waals surface area contributed by atoms with Crippen LogP contribution in [0.3, 0.4) is 0 Å². The first-order chi connectivity index (χ1) is 24.4. The lowest BCUT2D eigenvalue weighted by molar-refractivity contribution is -0.301. The highest BCUT2D eigenvalue weighted by Crippen LogP contribution is 2.72. The van der Waals surface area contributed by atoms with E-state index in [9.17, 15) is 24.3 Å². The summed E-state index contributed by atoms with van der Waals surface area (Å²) in [5, 5.41) is 13.1. The minimum atomic E-state index is -1.49. The second-order valence-corrected chi connectivity index (χ2v) is 15.9. The molecule has 2 saturated carbocycles. The first-order valence-electron chi connectivity index (χ1n) is 18.5. The number of carbonyl (C=O) groups is 4. The topological polar surface area (TPSA) is 135 Å². The number of rotatable bonds is 8. The minimum Gasteiger partial charge on any atom is -0.462 e. The molecule has 0 bridgehead atoms. The number of aliphatic hydroxyl groups is 1. The number of benzene rings is 1. The summed E-state index contributed by atoms with van der Waals surface area (Å²) in [6.45, 7) is 17.5. The summed E-state index contributed by atoms with van der Waals surface area (Å²) in [6, 6.07) is 8.13. The highest BCUT2D eigenvalue weighted by Gasteiger charge is 2.76. The zero-order valence-corrected chi connectivity index (χ0v) is 32.3. The van der Waals surface area contributed by atoms with Crippen molar-refractivity contribution >= 4 is 29.5 Å². The Morgan fingerprint density at radius 1 is 0.981 bits per heavy atom. The molecule has 0 spiro atoms. The van der Waals surface area contributed by atoms with Crippen molar-refractivity contribution < 1.29 is 48.0 Å². The molecule has 0 saturated heterocycles. The third kappa shape index (κ3) is 6.44. The van der Waals surface area contributed by atoms with Gasteiger partial charge >= 0.3 is 23.9 Å². The summed E-state index contributed by atoms with van der Waals surface area (Å²) >= 11 is 0. The quantitative estimate of drug-likeness (QED) is 0.184. The molecule has 1 heterocycles. The smallest absolute Gasteiger partial charge is 0.303 e. The average molecular weight is 721 g/mol. The van der Waals surface area contributed by atoms with E-state index in [0.29, 0.717) is 18.4 Å². The summed E-state index contributed by atoms with van der Waals surface area (Å²) in [6.07, 6.45) is 5.72. The van der Waals surface area contributed by atoms with Crippen LogP contribution in [0.4, 0.5) is 0 Å². The van der Waals surface area contributed by atoms with Crippen molar-refractivity contribution in [2.24, 2.45) is 34.0 Å². The van der Waals surface area contributed by atoms with Gasteiger partial charge in [0, 0.05) is 44.9 Å². The SMILES string of the molecule is CCc1ccccc1/C(C)=C\[C@]1(O)C(C)=C[C@@H](OC(C)=O)[C@]2(C)C3C(OC(C)=O)[C@H](OC(C)=O)[C@@]4(C(C)OC(C)=O)COCC=CC4[C@]3(C)CCC21. The number of fused-ring (bicyclic) bond motifs is 5. The normalized spacial score (nSPS) is 37.5. The molecule has 11 atom stereocenters. The standard InChI is InChI=1S/C42H56O10/c1-11-31-15-12-13-16-32(31)24(2)22-42(47)25(3)21-35(50-28(6)44)40(10)34(42)18-19-39(9)33-17-14-20-48-23-41(33,26(4)49-27(5)43)38(52-30(8)46)36(37(39)40)51-29(7)45/h12-17,21-22,26,33-38,47H,11,18-20,23H2,1-10H3/b24-22-/t26?,33?,34?,35-,36?,37?,38+,39+,40-,41-,42+/m1/s1. The fraction of sp³-hybridized carbons (Fsp3) is 0.619. The molecule has 284 valence electrons. The Hall–Kier alpha value is -3.76. The van der Waals surface area contributed by atoms with Gasteiger partial charge in [-0.3, -0.25) is 19.2 Å². The third-order valence-corrected chi connectivity index (χ3v) is 12.9. The van der Waals surface area contributed by atoms with E-state index in [2.05, 4.69) is 32.1 Å². The molecule has 4 aliphatic rings. The van der Waals surface area contributed by atoms with E-state index in [1.165, 1.54) is 27.7 Å². The zero-order valence-electron chi connectivity index (χ0n) is 32.3. The molecular weight excluding hydrogens is 664 g/mol. The average Bonchev–Trinajstić information content (AvgIpc) is 3.29. The molecule has 0 aromatic heterocycles. The Morgan fingerprint density at radius 2 is 1.63 bits per heavy atom. The first kappa shape index (κ1) is 39.4. The van der Waals surface area contributed by atoms with Crippen LogP contribution in [0.5, 0.6) is 0 Å². The highest BCUT2D eigenvalue weighted by molar-refractivity contribution is 5.70. The first-order valence-corrected chi connectivity index (χ1v) is 18.5. The van der Waals surface area contributed by atoms with E-state index in [1.807, 2.05) is 51.1 Å². The van der Waals surface area contributed by atoms with Crippen molar-refractivity contribution in [2.75, 3.05) is 13.2 Å². The van der Waals surface area contributed by atoms with Gasteiger partial charge in [-0.25, -0.2) is 0 Å². The summed E-state index contributed by atoms with van der Waals surface area (Å²) in [5.41, 5.74) is -0.739. The molecule has 10 nitrogen and oxygen atoms in total. The summed E-state index contributed by atoms with van der Waals surface area (Å²) in [7, 11) is 0. The number of carbonyl (C=O) groups excluding carboxylic acids is 4. The van der Waals surface area contributed by atoms with Crippen LogP contribution in [0.2, 0.25) is 0 Å². The fourth-order valence-electron chi connectivity index (χ4n) is 11.0. The van der Waals surface area contributed by atoms with Gasteiger partial charge in [0.1, 0.15) is 23.9 Å². The zero-order chi connectivity index (χ0) is 38.4. The van der Waals surface area contributed by atoms with Crippen molar-refractivity contribution in [1.29, 1.82) is 0 Å². The molecule has 1 aromatic rings. The van der Waals surface area contributed by atoms with Gasteiger partial charge in [-0.2, -0.15) is 0 Å². The lowest BCUT2D eigenvalue weighted by atomic mass is 9.36. The van der Waals surface area contributed by atoms with Gasteiger partial charge in [0.25, 0.3) is 0 Å². The van der Waals surface area contributed by atoms with Crippen LogP contribution >= 0.6 is 0 Å². The van der Waals surface area contributed by atoms with Gasteiger partial charge in [0.2, 0.25) is 0 Å². The molecule has 1 aromatic carbocycles. The predicted octanol–water partition coefficient (Wildman–Crippen LogP) is 6.33. The number of hydrogen-bond acceptors (Lipinski definition) is 10. The Balaban J connectivity index is 1.83. The largest absolute Gasteiger partial charge is 0.462 e. The number of aryl methyl sites for hydroxylation is 1. The van der Waals surface area contributed by atoms with Crippen LogP contribution in [0.25, 0.3) is 5.57 Å². The van der Waals surface area contributed by atoms with Crippen LogP contribution in [-0.4, -0.2) is 72.2 Å². The van der Waals surface area contributed by atoms with Gasteiger partial charge in [-0.15, -0.1) is 0 Å². The fourth-order valence-corrected chi connectivity index (χ4v) is 11.0. The van der Waals surface area contributed by atoms with Crippen LogP contribution < -0.4 is 0 Å². The number of hydrogen-bond donors (Lipinski definition) is 1. The van der Waals surface area contributed by atoms with Gasteiger partial charge < -0.3 is 28.8 Å². The van der Waals surface area contributed by atoms with Gasteiger partial charge in [0.15, 0.2) is 6.10 Å². The van der Waals surface area contributed by atoms with E-state index >= 15 is 0 Å². The number of allylic oxidation sites excluding steroid dienone is 2. The molecule has 52 heavy (non-hydrogen) atoms. The Morgan fingerprint density at radius 3 is 2.25 bits per heavy atom. The molecule has 0 amide bonds. The molecule has 2 fully saturated rings. The van der Waals surface area contributed by atoms with Crippen LogP contribution in [-0.2, 0) is 49.3 Å².